The van der Waals surface area contributed by atoms with E-state index in [1.807, 2.05) is 0 Å². The number of carbonyl (C=O) groups excluding carboxylic acids is 2. The van der Waals surface area contributed by atoms with Gasteiger partial charge in [0.25, 0.3) is 0 Å². The van der Waals surface area contributed by atoms with Crippen LogP contribution in [0.1, 0.15) is 13.8 Å². The van der Waals surface area contributed by atoms with E-state index >= 15 is 0 Å². The second kappa shape index (κ2) is 9.61. The smallest absolute Gasteiger partial charge is 0.374 e. The normalized spacial score (nSPS) is 12.5. The molecule has 0 aliphatic carbocycles. The molecule has 0 unspecified atom stereocenters. The summed E-state index contributed by atoms with van der Waals surface area (Å²) >= 11 is 0. The fraction of sp³-hybridized carbons (Fsp3) is 0.286. The molecular formula is C14H14N2O6. The summed E-state index contributed by atoms with van der Waals surface area (Å²) in [5.41, 5.74) is -0.995. The van der Waals surface area contributed by atoms with Crippen LogP contribution in [0.15, 0.2) is 34.8 Å². The number of ether oxygens (including phenoxy) is 2. The Morgan fingerprint density at radius 3 is 1.45 bits per heavy atom. The van der Waals surface area contributed by atoms with Crippen LogP contribution >= 0.6 is 0 Å². The fourth-order valence-corrected chi connectivity index (χ4v) is 1.12. The molecule has 0 aromatic carbocycles. The molecule has 0 aliphatic rings. The molecule has 0 aromatic heterocycles. The summed E-state index contributed by atoms with van der Waals surface area (Å²) in [6.07, 6.45) is 1.78. The van der Waals surface area contributed by atoms with Crippen molar-refractivity contribution in [1.29, 1.82) is 10.5 Å². The van der Waals surface area contributed by atoms with Crippen molar-refractivity contribution < 1.29 is 29.3 Å². The molecule has 0 aromatic rings. The number of nitriles is 2. The van der Waals surface area contributed by atoms with E-state index in [9.17, 15) is 19.8 Å². The Kier molecular flexibility index (Phi) is 8.19. The van der Waals surface area contributed by atoms with Gasteiger partial charge in [-0.05, 0) is 26.0 Å². The van der Waals surface area contributed by atoms with Crippen LogP contribution in [0.2, 0.25) is 0 Å². The number of carbonyl (C=O) groups is 2. The molecule has 0 atom stereocenters. The third kappa shape index (κ3) is 5.39. The average Bonchev–Trinajstić information content (AvgIpc) is 2.51. The van der Waals surface area contributed by atoms with E-state index in [0.29, 0.717) is 0 Å². The maximum atomic E-state index is 11.3. The molecule has 8 nitrogen and oxygen atoms in total. The number of esters is 2. The van der Waals surface area contributed by atoms with Crippen molar-refractivity contribution in [3.8, 4) is 12.1 Å². The van der Waals surface area contributed by atoms with Gasteiger partial charge in [-0.3, -0.25) is 0 Å². The van der Waals surface area contributed by atoms with E-state index in [0.717, 1.165) is 12.2 Å². The van der Waals surface area contributed by atoms with Gasteiger partial charge in [0, 0.05) is 0 Å². The lowest BCUT2D eigenvalue weighted by atomic mass is 10.1. The van der Waals surface area contributed by atoms with Gasteiger partial charge in [0.2, 0.25) is 11.5 Å². The highest BCUT2D eigenvalue weighted by atomic mass is 16.5. The minimum atomic E-state index is -1.11. The highest BCUT2D eigenvalue weighted by Crippen LogP contribution is 2.10. The molecule has 0 bridgehead atoms. The van der Waals surface area contributed by atoms with Gasteiger partial charge in [0.1, 0.15) is 23.3 Å². The third-order valence-corrected chi connectivity index (χ3v) is 2.11. The molecule has 8 heteroatoms. The molecule has 22 heavy (non-hydrogen) atoms. The van der Waals surface area contributed by atoms with Crippen molar-refractivity contribution in [3.63, 3.8) is 0 Å². The molecule has 0 fully saturated rings. The number of nitrogens with zero attached hydrogens (tertiary/aromatic N) is 2. The average molecular weight is 306 g/mol. The van der Waals surface area contributed by atoms with Gasteiger partial charge in [-0.2, -0.15) is 10.5 Å². The molecule has 0 spiro atoms. The zero-order chi connectivity index (χ0) is 17.1. The number of allylic oxidation sites excluding steroid dienone is 4. The molecule has 116 valence electrons. The van der Waals surface area contributed by atoms with Crippen LogP contribution in [0.5, 0.6) is 0 Å². The van der Waals surface area contributed by atoms with Gasteiger partial charge in [-0.25, -0.2) is 9.59 Å². The first-order chi connectivity index (χ1) is 10.4. The number of hydrogen-bond acceptors (Lipinski definition) is 8. The van der Waals surface area contributed by atoms with Crippen LogP contribution in [0.4, 0.5) is 0 Å². The number of aliphatic hydroxyl groups is 2. The van der Waals surface area contributed by atoms with Crippen molar-refractivity contribution in [1.82, 2.24) is 0 Å². The Labute approximate surface area is 126 Å². The summed E-state index contributed by atoms with van der Waals surface area (Å²) in [6, 6.07) is 3.05. The first-order valence-corrected chi connectivity index (χ1v) is 6.11. The highest BCUT2D eigenvalue weighted by molar-refractivity contribution is 5.89. The molecule has 0 saturated heterocycles. The second-order valence-corrected chi connectivity index (χ2v) is 3.52. The maximum absolute atomic E-state index is 11.3. The minimum Gasteiger partial charge on any atom is -0.501 e. The van der Waals surface area contributed by atoms with Gasteiger partial charge >= 0.3 is 11.9 Å². The molecule has 0 amide bonds. The fourth-order valence-electron chi connectivity index (χ4n) is 1.12. The van der Waals surface area contributed by atoms with E-state index in [-0.39, 0.29) is 13.2 Å². The standard InChI is InChI=1S/C14H14N2O6/c1-3-21-13(19)11(17)9(7-15)5-6-10(8-16)12(18)14(20)22-4-2/h5-6,17-18H,3-4H2,1-2H3/b6-5+,11-9+,12-10+. The van der Waals surface area contributed by atoms with Crippen molar-refractivity contribution >= 4 is 11.9 Å². The van der Waals surface area contributed by atoms with E-state index in [1.54, 1.807) is 0 Å². The lowest BCUT2D eigenvalue weighted by molar-refractivity contribution is -0.142. The van der Waals surface area contributed by atoms with Crippen LogP contribution in [-0.2, 0) is 19.1 Å². The SMILES string of the molecule is CCOC(=O)/C(O)=C(C#N)/C=C/C(C#N)=C(\O)C(=O)OCC. The predicted molar refractivity (Wildman–Crippen MR) is 72.9 cm³/mol. The van der Waals surface area contributed by atoms with E-state index < -0.39 is 34.6 Å². The Hall–Kier alpha value is -3.26. The molecule has 0 heterocycles. The van der Waals surface area contributed by atoms with E-state index in [1.165, 1.54) is 26.0 Å². The number of aliphatic hydroxyl groups excluding tert-OH is 2. The van der Waals surface area contributed by atoms with E-state index in [4.69, 9.17) is 10.5 Å². The summed E-state index contributed by atoms with van der Waals surface area (Å²) in [4.78, 5) is 22.5. The zero-order valence-electron chi connectivity index (χ0n) is 12.0. The first-order valence-electron chi connectivity index (χ1n) is 6.11. The summed E-state index contributed by atoms with van der Waals surface area (Å²) in [5, 5.41) is 36.7. The monoisotopic (exact) mass is 306 g/mol. The highest BCUT2D eigenvalue weighted by Gasteiger charge is 2.16. The van der Waals surface area contributed by atoms with Crippen molar-refractivity contribution in [3.05, 3.63) is 34.8 Å². The van der Waals surface area contributed by atoms with Crippen molar-refractivity contribution in [2.75, 3.05) is 13.2 Å². The van der Waals surface area contributed by atoms with Crippen LogP contribution < -0.4 is 0 Å². The van der Waals surface area contributed by atoms with Gasteiger partial charge in [0.15, 0.2) is 0 Å². The molecule has 0 radical (unpaired) electrons. The van der Waals surface area contributed by atoms with Crippen LogP contribution in [-0.4, -0.2) is 35.4 Å². The predicted octanol–water partition coefficient (Wildman–Crippen LogP) is 1.34. The Morgan fingerprint density at radius 1 is 0.909 bits per heavy atom. The van der Waals surface area contributed by atoms with Crippen LogP contribution in [0, 0.1) is 22.7 Å². The maximum Gasteiger partial charge on any atom is 0.374 e. The number of hydrogen-bond donors (Lipinski definition) is 2. The Morgan fingerprint density at radius 2 is 1.23 bits per heavy atom. The summed E-state index contributed by atoms with van der Waals surface area (Å²) < 4.78 is 9.01. The van der Waals surface area contributed by atoms with Gasteiger partial charge < -0.3 is 19.7 Å². The second-order valence-electron chi connectivity index (χ2n) is 3.52. The van der Waals surface area contributed by atoms with E-state index in [2.05, 4.69) is 9.47 Å². The lowest BCUT2D eigenvalue weighted by Crippen LogP contribution is -2.09. The number of rotatable bonds is 6. The molecule has 0 saturated carbocycles. The summed E-state index contributed by atoms with van der Waals surface area (Å²) in [7, 11) is 0. The first kappa shape index (κ1) is 18.7. The van der Waals surface area contributed by atoms with Gasteiger partial charge in [-0.1, -0.05) is 0 Å². The summed E-state index contributed by atoms with van der Waals surface area (Å²) in [5.74, 6) is -4.12. The lowest BCUT2D eigenvalue weighted by Gasteiger charge is -2.02. The summed E-state index contributed by atoms with van der Waals surface area (Å²) in [6.45, 7) is 3.03. The molecular weight excluding hydrogens is 292 g/mol. The molecule has 0 rings (SSSR count). The largest absolute Gasteiger partial charge is 0.501 e. The molecule has 2 N–H and O–H groups in total. The Balaban J connectivity index is 5.53. The third-order valence-electron chi connectivity index (χ3n) is 2.11. The van der Waals surface area contributed by atoms with Crippen LogP contribution in [0.25, 0.3) is 0 Å². The van der Waals surface area contributed by atoms with Crippen molar-refractivity contribution in [2.45, 2.75) is 13.8 Å². The Bertz CT molecular complexity index is 562. The van der Waals surface area contributed by atoms with Crippen molar-refractivity contribution in [2.24, 2.45) is 0 Å². The topological polar surface area (TPSA) is 141 Å². The van der Waals surface area contributed by atoms with Crippen LogP contribution in [0.3, 0.4) is 0 Å². The quantitative estimate of drug-likeness (QED) is 0.246. The molecule has 0 aliphatic heterocycles. The minimum absolute atomic E-state index is 0.00168. The zero-order valence-corrected chi connectivity index (χ0v) is 12.0. The van der Waals surface area contributed by atoms with Gasteiger partial charge in [0.05, 0.1) is 13.2 Å². The van der Waals surface area contributed by atoms with Gasteiger partial charge in [-0.15, -0.1) is 0 Å².